The van der Waals surface area contributed by atoms with E-state index in [2.05, 4.69) is 22.7 Å². The summed E-state index contributed by atoms with van der Waals surface area (Å²) in [6.07, 6.45) is 6.94. The Balaban J connectivity index is 2.42. The van der Waals surface area contributed by atoms with Gasteiger partial charge < -0.3 is 4.90 Å². The smallest absolute Gasteiger partial charge is 0.193 e. The van der Waals surface area contributed by atoms with Crippen molar-refractivity contribution in [3.8, 4) is 5.69 Å². The van der Waals surface area contributed by atoms with E-state index < -0.39 is 0 Å². The van der Waals surface area contributed by atoms with Crippen molar-refractivity contribution in [2.45, 2.75) is 6.92 Å². The van der Waals surface area contributed by atoms with Gasteiger partial charge in [0.05, 0.1) is 10.9 Å². The first-order chi connectivity index (χ1) is 12.6. The quantitative estimate of drug-likeness (QED) is 0.645. The summed E-state index contributed by atoms with van der Waals surface area (Å²) < 4.78 is 2.06. The van der Waals surface area contributed by atoms with Crippen LogP contribution in [0.25, 0.3) is 16.6 Å². The molecule has 0 aliphatic heterocycles. The van der Waals surface area contributed by atoms with Gasteiger partial charge in [-0.05, 0) is 37.3 Å². The fourth-order valence-corrected chi connectivity index (χ4v) is 2.97. The Labute approximate surface area is 153 Å². The van der Waals surface area contributed by atoms with Gasteiger partial charge in [-0.2, -0.15) is 0 Å². The van der Waals surface area contributed by atoms with E-state index >= 15 is 0 Å². The number of aryl methyl sites for hydroxylation is 1. The van der Waals surface area contributed by atoms with E-state index in [1.54, 1.807) is 24.4 Å². The van der Waals surface area contributed by atoms with E-state index in [-0.39, 0.29) is 5.43 Å². The van der Waals surface area contributed by atoms with Gasteiger partial charge in [0.1, 0.15) is 5.82 Å². The molecular weight excluding hydrogens is 322 g/mol. The Morgan fingerprint density at radius 2 is 1.92 bits per heavy atom. The summed E-state index contributed by atoms with van der Waals surface area (Å²) in [4.78, 5) is 18.9. The highest BCUT2D eigenvalue weighted by Gasteiger charge is 2.16. The molecule has 4 nitrogen and oxygen atoms in total. The topological polar surface area (TPSA) is 38.1 Å². The third-order valence-corrected chi connectivity index (χ3v) is 4.26. The second-order valence-electron chi connectivity index (χ2n) is 5.97. The highest BCUT2D eigenvalue weighted by Crippen LogP contribution is 2.26. The molecule has 0 amide bonds. The number of para-hydroxylation sites is 1. The molecule has 0 bridgehead atoms. The SMILES string of the molecule is C=C/C=C(\C=C)N(C)c1cc(=O)c2cnc(C)cc2n1-c1ccccc1. The van der Waals surface area contributed by atoms with Crippen LogP contribution < -0.4 is 10.3 Å². The average Bonchev–Trinajstić information content (AvgIpc) is 2.65. The molecular formula is C22H21N3O. The summed E-state index contributed by atoms with van der Waals surface area (Å²) in [5.41, 5.74) is 3.41. The van der Waals surface area contributed by atoms with Crippen LogP contribution in [0, 0.1) is 6.92 Å². The number of rotatable bonds is 5. The molecule has 3 aromatic rings. The van der Waals surface area contributed by atoms with E-state index in [0.29, 0.717) is 5.39 Å². The number of benzene rings is 1. The molecule has 4 heteroatoms. The van der Waals surface area contributed by atoms with Crippen molar-refractivity contribution in [3.05, 3.63) is 102 Å². The maximum absolute atomic E-state index is 12.7. The van der Waals surface area contributed by atoms with E-state index in [0.717, 1.165) is 28.4 Å². The molecule has 130 valence electrons. The molecule has 0 aliphatic rings. The molecule has 0 saturated heterocycles. The third-order valence-electron chi connectivity index (χ3n) is 4.26. The lowest BCUT2D eigenvalue weighted by Crippen LogP contribution is -2.23. The normalized spacial score (nSPS) is 11.4. The number of hydrogen-bond acceptors (Lipinski definition) is 3. The largest absolute Gasteiger partial charge is 0.330 e. The fourth-order valence-electron chi connectivity index (χ4n) is 2.97. The monoisotopic (exact) mass is 343 g/mol. The van der Waals surface area contributed by atoms with Crippen molar-refractivity contribution in [2.24, 2.45) is 0 Å². The van der Waals surface area contributed by atoms with Gasteiger partial charge in [-0.3, -0.25) is 14.3 Å². The number of allylic oxidation sites excluding steroid dienone is 3. The predicted molar refractivity (Wildman–Crippen MR) is 109 cm³/mol. The van der Waals surface area contributed by atoms with Crippen molar-refractivity contribution in [2.75, 3.05) is 11.9 Å². The zero-order valence-corrected chi connectivity index (χ0v) is 15.0. The lowest BCUT2D eigenvalue weighted by molar-refractivity contribution is 0.992. The van der Waals surface area contributed by atoms with E-state index in [4.69, 9.17) is 0 Å². The molecule has 0 spiro atoms. The number of pyridine rings is 2. The van der Waals surface area contributed by atoms with Crippen LogP contribution in [0.15, 0.2) is 90.5 Å². The third kappa shape index (κ3) is 3.09. The summed E-state index contributed by atoms with van der Waals surface area (Å²) in [5, 5.41) is 0.587. The van der Waals surface area contributed by atoms with Crippen LogP contribution in [-0.4, -0.2) is 16.6 Å². The molecule has 3 rings (SSSR count). The van der Waals surface area contributed by atoms with Gasteiger partial charge >= 0.3 is 0 Å². The summed E-state index contributed by atoms with van der Waals surface area (Å²) in [7, 11) is 1.91. The average molecular weight is 343 g/mol. The molecule has 0 aliphatic carbocycles. The van der Waals surface area contributed by atoms with Gasteiger partial charge in [0.2, 0.25) is 0 Å². The molecule has 0 fully saturated rings. The van der Waals surface area contributed by atoms with E-state index in [9.17, 15) is 4.79 Å². The van der Waals surface area contributed by atoms with Crippen molar-refractivity contribution < 1.29 is 0 Å². The standard InChI is InChI=1S/C22H21N3O/c1-5-10-17(6-2)24(4)22-14-21(26)19-15-23-16(3)13-20(19)25(22)18-11-8-7-9-12-18/h5-15H,1-2H2,3-4H3/b17-10+. The van der Waals surface area contributed by atoms with Crippen LogP contribution in [0.2, 0.25) is 0 Å². The minimum Gasteiger partial charge on any atom is -0.330 e. The maximum Gasteiger partial charge on any atom is 0.193 e. The summed E-state index contributed by atoms with van der Waals surface area (Å²) in [6, 6.07) is 13.5. The van der Waals surface area contributed by atoms with Crippen molar-refractivity contribution in [3.63, 3.8) is 0 Å². The maximum atomic E-state index is 12.7. The van der Waals surface area contributed by atoms with Crippen LogP contribution in [0.3, 0.4) is 0 Å². The lowest BCUT2D eigenvalue weighted by atomic mass is 10.2. The van der Waals surface area contributed by atoms with Crippen LogP contribution in [0.1, 0.15) is 5.69 Å². The Hall–Kier alpha value is -3.40. The first-order valence-electron chi connectivity index (χ1n) is 8.33. The Kier molecular flexibility index (Phi) is 4.85. The highest BCUT2D eigenvalue weighted by molar-refractivity contribution is 5.83. The molecule has 26 heavy (non-hydrogen) atoms. The summed E-state index contributed by atoms with van der Waals surface area (Å²) in [5.74, 6) is 0.743. The number of likely N-dealkylation sites (N-methyl/N-ethyl adjacent to an activating group) is 1. The van der Waals surface area contributed by atoms with Crippen LogP contribution >= 0.6 is 0 Å². The van der Waals surface area contributed by atoms with Crippen molar-refractivity contribution in [1.29, 1.82) is 0 Å². The number of anilines is 1. The van der Waals surface area contributed by atoms with Gasteiger partial charge in [0, 0.05) is 36.4 Å². The minimum atomic E-state index is -0.0662. The zero-order chi connectivity index (χ0) is 18.7. The molecule has 0 radical (unpaired) electrons. The predicted octanol–water partition coefficient (Wildman–Crippen LogP) is 4.39. The van der Waals surface area contributed by atoms with Gasteiger partial charge in [-0.15, -0.1) is 0 Å². The van der Waals surface area contributed by atoms with Crippen LogP contribution in [0.4, 0.5) is 5.82 Å². The fraction of sp³-hybridized carbons (Fsp3) is 0.0909. The van der Waals surface area contributed by atoms with Gasteiger partial charge in [-0.1, -0.05) is 37.4 Å². The second-order valence-corrected chi connectivity index (χ2v) is 5.97. The Bertz CT molecular complexity index is 1060. The molecule has 0 saturated carbocycles. The molecule has 2 aromatic heterocycles. The number of fused-ring (bicyclic) bond motifs is 1. The Morgan fingerprint density at radius 3 is 2.58 bits per heavy atom. The number of nitrogens with zero attached hydrogens (tertiary/aromatic N) is 3. The van der Waals surface area contributed by atoms with E-state index in [1.807, 2.05) is 61.3 Å². The lowest BCUT2D eigenvalue weighted by Gasteiger charge is -2.26. The first kappa shape index (κ1) is 17.4. The molecule has 0 unspecified atom stereocenters. The molecule has 1 aromatic carbocycles. The summed E-state index contributed by atoms with van der Waals surface area (Å²) in [6.45, 7) is 9.55. The molecule has 2 heterocycles. The molecule has 0 N–H and O–H groups in total. The van der Waals surface area contributed by atoms with Gasteiger partial charge in [0.15, 0.2) is 5.43 Å². The number of aromatic nitrogens is 2. The Morgan fingerprint density at radius 1 is 1.19 bits per heavy atom. The highest BCUT2D eigenvalue weighted by atomic mass is 16.1. The first-order valence-corrected chi connectivity index (χ1v) is 8.33. The minimum absolute atomic E-state index is 0.0662. The van der Waals surface area contributed by atoms with Crippen LogP contribution in [-0.2, 0) is 0 Å². The van der Waals surface area contributed by atoms with Gasteiger partial charge in [-0.25, -0.2) is 0 Å². The number of hydrogen-bond donors (Lipinski definition) is 0. The van der Waals surface area contributed by atoms with Crippen LogP contribution in [0.5, 0.6) is 0 Å². The van der Waals surface area contributed by atoms with Crippen molar-refractivity contribution in [1.82, 2.24) is 9.55 Å². The van der Waals surface area contributed by atoms with E-state index in [1.165, 1.54) is 0 Å². The zero-order valence-electron chi connectivity index (χ0n) is 15.0. The summed E-state index contributed by atoms with van der Waals surface area (Å²) >= 11 is 0. The van der Waals surface area contributed by atoms with Crippen molar-refractivity contribution >= 4 is 16.7 Å². The van der Waals surface area contributed by atoms with Gasteiger partial charge in [0.25, 0.3) is 0 Å². The second kappa shape index (κ2) is 7.23. The molecule has 0 atom stereocenters.